The van der Waals surface area contributed by atoms with Crippen molar-refractivity contribution in [3.63, 3.8) is 0 Å². The lowest BCUT2D eigenvalue weighted by molar-refractivity contribution is -0.123. The lowest BCUT2D eigenvalue weighted by Gasteiger charge is -2.15. The maximum Gasteiger partial charge on any atom is 0.258 e. The minimum atomic E-state index is -0.128. The molecule has 0 aliphatic heterocycles. The maximum absolute atomic E-state index is 11.8. The molecule has 0 saturated heterocycles. The highest BCUT2D eigenvalue weighted by Crippen LogP contribution is 2.17. The second-order valence-electron chi connectivity index (χ2n) is 5.11. The van der Waals surface area contributed by atoms with E-state index in [2.05, 4.69) is 12.2 Å². The second kappa shape index (κ2) is 9.34. The van der Waals surface area contributed by atoms with E-state index in [1.165, 1.54) is 12.8 Å². The number of thiocarbonyl (C=S) groups is 1. The van der Waals surface area contributed by atoms with Crippen molar-refractivity contribution in [3.8, 4) is 5.75 Å². The van der Waals surface area contributed by atoms with Gasteiger partial charge in [0.25, 0.3) is 5.91 Å². The Morgan fingerprint density at radius 1 is 1.38 bits per heavy atom. The number of hydrogen-bond acceptors (Lipinski definition) is 3. The van der Waals surface area contributed by atoms with E-state index in [0.717, 1.165) is 12.8 Å². The van der Waals surface area contributed by atoms with Crippen molar-refractivity contribution in [3.05, 3.63) is 29.8 Å². The van der Waals surface area contributed by atoms with Crippen LogP contribution in [-0.2, 0) is 4.79 Å². The fraction of sp³-hybridized carbons (Fsp3) is 0.500. The maximum atomic E-state index is 11.8. The molecule has 116 valence electrons. The third kappa shape index (κ3) is 6.58. The van der Waals surface area contributed by atoms with E-state index in [1.807, 2.05) is 19.1 Å². The molecule has 1 rings (SSSR count). The standard InChI is InChI=1S/C16H24N2O2S/c1-3-4-5-8-12(2)18-15(19)11-20-14-10-7-6-9-13(14)16(17)21/h6-7,9-10,12H,3-5,8,11H2,1-2H3,(H2,17,21)(H,18,19). The molecule has 4 nitrogen and oxygen atoms in total. The summed E-state index contributed by atoms with van der Waals surface area (Å²) in [5, 5.41) is 2.93. The molecule has 1 atom stereocenters. The molecule has 5 heteroatoms. The molecule has 0 bridgehead atoms. The van der Waals surface area contributed by atoms with Gasteiger partial charge in [-0.25, -0.2) is 0 Å². The average Bonchev–Trinajstić information content (AvgIpc) is 2.45. The molecular formula is C16H24N2O2S. The number of ether oxygens (including phenoxy) is 1. The van der Waals surface area contributed by atoms with Crippen LogP contribution in [0.5, 0.6) is 5.75 Å². The van der Waals surface area contributed by atoms with E-state index < -0.39 is 0 Å². The van der Waals surface area contributed by atoms with Crippen molar-refractivity contribution in [1.29, 1.82) is 0 Å². The van der Waals surface area contributed by atoms with Crippen LogP contribution < -0.4 is 15.8 Å². The van der Waals surface area contributed by atoms with Crippen molar-refractivity contribution >= 4 is 23.1 Å². The van der Waals surface area contributed by atoms with Gasteiger partial charge in [-0.05, 0) is 25.5 Å². The SMILES string of the molecule is CCCCCC(C)NC(=O)COc1ccccc1C(N)=S. The van der Waals surface area contributed by atoms with Crippen molar-refractivity contribution in [1.82, 2.24) is 5.32 Å². The van der Waals surface area contributed by atoms with Gasteiger partial charge in [-0.2, -0.15) is 0 Å². The Kier molecular flexibility index (Phi) is 7.75. The van der Waals surface area contributed by atoms with Crippen molar-refractivity contribution in [2.24, 2.45) is 5.73 Å². The number of para-hydroxylation sites is 1. The Labute approximate surface area is 132 Å². The topological polar surface area (TPSA) is 64.3 Å². The van der Waals surface area contributed by atoms with Gasteiger partial charge >= 0.3 is 0 Å². The summed E-state index contributed by atoms with van der Waals surface area (Å²) in [6.45, 7) is 4.14. The summed E-state index contributed by atoms with van der Waals surface area (Å²) in [6.07, 6.45) is 4.49. The number of carbonyl (C=O) groups is 1. The molecule has 1 unspecified atom stereocenters. The number of amides is 1. The zero-order chi connectivity index (χ0) is 15.7. The van der Waals surface area contributed by atoms with Crippen LogP contribution in [0.15, 0.2) is 24.3 Å². The first kappa shape index (κ1) is 17.4. The van der Waals surface area contributed by atoms with E-state index in [4.69, 9.17) is 22.7 Å². The molecule has 0 heterocycles. The van der Waals surface area contributed by atoms with E-state index in [1.54, 1.807) is 12.1 Å². The van der Waals surface area contributed by atoms with Gasteiger partial charge in [-0.15, -0.1) is 0 Å². The Balaban J connectivity index is 2.41. The molecule has 1 amide bonds. The van der Waals surface area contributed by atoms with E-state index >= 15 is 0 Å². The molecule has 21 heavy (non-hydrogen) atoms. The van der Waals surface area contributed by atoms with Crippen molar-refractivity contribution < 1.29 is 9.53 Å². The molecule has 0 fully saturated rings. The highest BCUT2D eigenvalue weighted by Gasteiger charge is 2.10. The van der Waals surface area contributed by atoms with Gasteiger partial charge in [0.15, 0.2) is 6.61 Å². The Hall–Kier alpha value is -1.62. The number of rotatable bonds is 9. The van der Waals surface area contributed by atoms with Crippen LogP contribution in [0.25, 0.3) is 0 Å². The second-order valence-corrected chi connectivity index (χ2v) is 5.55. The summed E-state index contributed by atoms with van der Waals surface area (Å²) >= 11 is 4.96. The molecule has 0 spiro atoms. The lowest BCUT2D eigenvalue weighted by Crippen LogP contribution is -2.36. The molecule has 0 aliphatic rings. The summed E-state index contributed by atoms with van der Waals surface area (Å²) in [4.78, 5) is 12.1. The largest absolute Gasteiger partial charge is 0.483 e. The first-order valence-corrected chi connectivity index (χ1v) is 7.76. The number of nitrogens with one attached hydrogen (secondary N) is 1. The van der Waals surface area contributed by atoms with Crippen LogP contribution in [-0.4, -0.2) is 23.5 Å². The van der Waals surface area contributed by atoms with Crippen LogP contribution >= 0.6 is 12.2 Å². The van der Waals surface area contributed by atoms with Gasteiger partial charge < -0.3 is 15.8 Å². The fourth-order valence-corrected chi connectivity index (χ4v) is 2.20. The first-order valence-electron chi connectivity index (χ1n) is 7.35. The third-order valence-electron chi connectivity index (χ3n) is 3.16. The molecule has 0 aliphatic carbocycles. The summed E-state index contributed by atoms with van der Waals surface area (Å²) in [6, 6.07) is 7.35. The quantitative estimate of drug-likeness (QED) is 0.544. The van der Waals surface area contributed by atoms with Gasteiger partial charge in [0.1, 0.15) is 10.7 Å². The fourth-order valence-electron chi connectivity index (χ4n) is 2.03. The minimum absolute atomic E-state index is 0.0300. The highest BCUT2D eigenvalue weighted by atomic mass is 32.1. The smallest absolute Gasteiger partial charge is 0.258 e. The molecule has 1 aromatic rings. The van der Waals surface area contributed by atoms with Crippen molar-refractivity contribution in [2.45, 2.75) is 45.6 Å². The number of carbonyl (C=O) groups excluding carboxylic acids is 1. The Morgan fingerprint density at radius 3 is 2.76 bits per heavy atom. The Morgan fingerprint density at radius 2 is 2.10 bits per heavy atom. The van der Waals surface area contributed by atoms with Gasteiger partial charge in [-0.1, -0.05) is 50.5 Å². The molecule has 1 aromatic carbocycles. The molecule has 0 saturated carbocycles. The highest BCUT2D eigenvalue weighted by molar-refractivity contribution is 7.80. The molecular weight excluding hydrogens is 284 g/mol. The number of unbranched alkanes of at least 4 members (excludes halogenated alkanes) is 2. The van der Waals surface area contributed by atoms with Gasteiger partial charge in [-0.3, -0.25) is 4.79 Å². The summed E-state index contributed by atoms with van der Waals surface area (Å²) < 4.78 is 5.51. The molecule has 0 aromatic heterocycles. The van der Waals surface area contributed by atoms with Crippen LogP contribution in [0, 0.1) is 0 Å². The molecule has 0 radical (unpaired) electrons. The van der Waals surface area contributed by atoms with Gasteiger partial charge in [0.2, 0.25) is 0 Å². The summed E-state index contributed by atoms with van der Waals surface area (Å²) in [5.74, 6) is 0.413. The van der Waals surface area contributed by atoms with E-state index in [0.29, 0.717) is 11.3 Å². The van der Waals surface area contributed by atoms with Gasteiger partial charge in [0, 0.05) is 6.04 Å². The lowest BCUT2D eigenvalue weighted by atomic mass is 10.1. The zero-order valence-corrected chi connectivity index (χ0v) is 13.5. The normalized spacial score (nSPS) is 11.7. The number of hydrogen-bond donors (Lipinski definition) is 2. The van der Waals surface area contributed by atoms with Crippen molar-refractivity contribution in [2.75, 3.05) is 6.61 Å². The van der Waals surface area contributed by atoms with Crippen LogP contribution in [0.4, 0.5) is 0 Å². The zero-order valence-electron chi connectivity index (χ0n) is 12.7. The Bertz CT molecular complexity index is 477. The van der Waals surface area contributed by atoms with Gasteiger partial charge in [0.05, 0.1) is 5.56 Å². The number of benzene rings is 1. The van der Waals surface area contributed by atoms with Crippen LogP contribution in [0.3, 0.4) is 0 Å². The van der Waals surface area contributed by atoms with E-state index in [9.17, 15) is 4.79 Å². The number of nitrogens with two attached hydrogens (primary N) is 1. The minimum Gasteiger partial charge on any atom is -0.483 e. The predicted molar refractivity (Wildman–Crippen MR) is 89.6 cm³/mol. The molecule has 3 N–H and O–H groups in total. The summed E-state index contributed by atoms with van der Waals surface area (Å²) in [7, 11) is 0. The van der Waals surface area contributed by atoms with Crippen LogP contribution in [0.2, 0.25) is 0 Å². The summed E-state index contributed by atoms with van der Waals surface area (Å²) in [5.41, 5.74) is 6.27. The van der Waals surface area contributed by atoms with E-state index in [-0.39, 0.29) is 23.5 Å². The van der Waals surface area contributed by atoms with Crippen LogP contribution in [0.1, 0.15) is 45.1 Å². The monoisotopic (exact) mass is 308 g/mol. The predicted octanol–water partition coefficient (Wildman–Crippen LogP) is 2.78. The third-order valence-corrected chi connectivity index (χ3v) is 3.38. The average molecular weight is 308 g/mol. The first-order chi connectivity index (χ1) is 10.0.